The number of aryl methyl sites for hydroxylation is 4. The molecular formula is C19H21N5O3. The zero-order chi connectivity index (χ0) is 19.7. The second-order valence-electron chi connectivity index (χ2n) is 6.63. The second kappa shape index (κ2) is 7.14. The van der Waals surface area contributed by atoms with Gasteiger partial charge in [0, 0.05) is 17.1 Å². The second-order valence-corrected chi connectivity index (χ2v) is 6.63. The summed E-state index contributed by atoms with van der Waals surface area (Å²) in [5.74, 6) is -1.24. The number of hydrogen-bond acceptors (Lipinski definition) is 5. The van der Waals surface area contributed by atoms with Crippen molar-refractivity contribution < 1.29 is 14.7 Å². The van der Waals surface area contributed by atoms with Gasteiger partial charge in [-0.1, -0.05) is 6.07 Å². The van der Waals surface area contributed by atoms with E-state index in [4.69, 9.17) is 0 Å². The highest BCUT2D eigenvalue weighted by atomic mass is 16.4. The van der Waals surface area contributed by atoms with Gasteiger partial charge in [-0.15, -0.1) is 0 Å². The Morgan fingerprint density at radius 3 is 2.41 bits per heavy atom. The number of hydrogen-bond donors (Lipinski definition) is 2. The highest BCUT2D eigenvalue weighted by Gasteiger charge is 2.37. The summed E-state index contributed by atoms with van der Waals surface area (Å²) in [6.45, 7) is 7.56. The minimum absolute atomic E-state index is 0.104. The molecule has 3 rings (SSSR count). The van der Waals surface area contributed by atoms with E-state index < -0.39 is 17.9 Å². The van der Waals surface area contributed by atoms with Gasteiger partial charge in [0.05, 0.1) is 6.42 Å². The number of benzene rings is 1. The van der Waals surface area contributed by atoms with Crippen LogP contribution in [0, 0.1) is 27.7 Å². The van der Waals surface area contributed by atoms with Crippen LogP contribution in [-0.4, -0.2) is 39.0 Å². The molecule has 0 spiro atoms. The predicted octanol–water partition coefficient (Wildman–Crippen LogP) is 2.18. The van der Waals surface area contributed by atoms with Crippen molar-refractivity contribution in [3.05, 3.63) is 46.8 Å². The number of carbonyl (C=O) groups is 2. The Hall–Kier alpha value is -3.29. The number of amides is 1. The Bertz CT molecular complexity index is 934. The van der Waals surface area contributed by atoms with Crippen molar-refractivity contribution in [2.45, 2.75) is 40.2 Å². The number of aromatic nitrogens is 2. The fourth-order valence-corrected chi connectivity index (χ4v) is 2.96. The highest BCUT2D eigenvalue weighted by molar-refractivity contribution is 6.13. The first kappa shape index (κ1) is 18.5. The molecule has 2 heterocycles. The SMILES string of the molecule is Cc1cc(C)nc(/N=C2\NC(=O)C[C@@H](C(=O)O)N2c2ccc(C)c(C)c2)n1. The third kappa shape index (κ3) is 3.94. The van der Waals surface area contributed by atoms with Gasteiger partial charge in [-0.05, 0) is 57.0 Å². The Kier molecular flexibility index (Phi) is 4.89. The van der Waals surface area contributed by atoms with Crippen LogP contribution in [0.1, 0.15) is 28.9 Å². The summed E-state index contributed by atoms with van der Waals surface area (Å²) < 4.78 is 0. The van der Waals surface area contributed by atoms with Crippen molar-refractivity contribution in [2.75, 3.05) is 4.90 Å². The summed E-state index contributed by atoms with van der Waals surface area (Å²) >= 11 is 0. The Morgan fingerprint density at radius 2 is 1.81 bits per heavy atom. The van der Waals surface area contributed by atoms with Crippen LogP contribution in [0.3, 0.4) is 0 Å². The van der Waals surface area contributed by atoms with E-state index in [-0.39, 0.29) is 18.3 Å². The molecule has 0 bridgehead atoms. The molecule has 1 saturated heterocycles. The maximum absolute atomic E-state index is 12.1. The summed E-state index contributed by atoms with van der Waals surface area (Å²) in [7, 11) is 0. The Balaban J connectivity index is 2.14. The van der Waals surface area contributed by atoms with Crippen molar-refractivity contribution in [1.29, 1.82) is 0 Å². The van der Waals surface area contributed by atoms with E-state index >= 15 is 0 Å². The lowest BCUT2D eigenvalue weighted by atomic mass is 10.1. The number of nitrogens with zero attached hydrogens (tertiary/aromatic N) is 4. The molecule has 0 radical (unpaired) electrons. The number of rotatable bonds is 3. The van der Waals surface area contributed by atoms with Crippen molar-refractivity contribution in [2.24, 2.45) is 4.99 Å². The third-order valence-corrected chi connectivity index (χ3v) is 4.40. The molecule has 1 atom stereocenters. The van der Waals surface area contributed by atoms with Crippen LogP contribution in [0.2, 0.25) is 0 Å². The summed E-state index contributed by atoms with van der Waals surface area (Å²) in [6.07, 6.45) is -0.172. The summed E-state index contributed by atoms with van der Waals surface area (Å²) in [6, 6.07) is 6.34. The van der Waals surface area contributed by atoms with E-state index in [1.807, 2.05) is 52.0 Å². The quantitative estimate of drug-likeness (QED) is 0.861. The van der Waals surface area contributed by atoms with E-state index in [1.165, 1.54) is 4.90 Å². The van der Waals surface area contributed by atoms with Crippen molar-refractivity contribution in [3.63, 3.8) is 0 Å². The largest absolute Gasteiger partial charge is 0.480 e. The molecule has 8 heteroatoms. The first-order valence-corrected chi connectivity index (χ1v) is 8.54. The Labute approximate surface area is 157 Å². The topological polar surface area (TPSA) is 108 Å². The molecular weight excluding hydrogens is 346 g/mol. The van der Waals surface area contributed by atoms with Crippen LogP contribution in [0.25, 0.3) is 0 Å². The molecule has 2 N–H and O–H groups in total. The van der Waals surface area contributed by atoms with E-state index in [2.05, 4.69) is 20.3 Å². The number of nitrogens with one attached hydrogen (secondary N) is 1. The van der Waals surface area contributed by atoms with E-state index in [1.54, 1.807) is 0 Å². The number of carboxylic acids is 1. The lowest BCUT2D eigenvalue weighted by Gasteiger charge is -2.35. The van der Waals surface area contributed by atoms with Gasteiger partial charge in [-0.3, -0.25) is 15.0 Å². The molecule has 1 fully saturated rings. The van der Waals surface area contributed by atoms with E-state index in [9.17, 15) is 14.7 Å². The molecule has 1 aliphatic rings. The van der Waals surface area contributed by atoms with Crippen molar-refractivity contribution in [3.8, 4) is 0 Å². The molecule has 0 aliphatic carbocycles. The van der Waals surface area contributed by atoms with E-state index in [0.717, 1.165) is 22.5 Å². The van der Waals surface area contributed by atoms with Crippen LogP contribution >= 0.6 is 0 Å². The highest BCUT2D eigenvalue weighted by Crippen LogP contribution is 2.25. The summed E-state index contributed by atoms with van der Waals surface area (Å²) in [4.78, 5) is 38.3. The number of aliphatic carboxylic acids is 1. The molecule has 8 nitrogen and oxygen atoms in total. The minimum atomic E-state index is -1.10. The third-order valence-electron chi connectivity index (χ3n) is 4.40. The van der Waals surface area contributed by atoms with Crippen molar-refractivity contribution >= 4 is 29.5 Å². The zero-order valence-electron chi connectivity index (χ0n) is 15.6. The molecule has 2 aromatic rings. The molecule has 1 amide bonds. The monoisotopic (exact) mass is 367 g/mol. The molecule has 0 saturated carbocycles. The van der Waals surface area contributed by atoms with Gasteiger partial charge >= 0.3 is 5.97 Å². The number of guanidine groups is 1. The van der Waals surface area contributed by atoms with Crippen LogP contribution in [0.15, 0.2) is 29.3 Å². The molecule has 1 aromatic heterocycles. The average molecular weight is 367 g/mol. The van der Waals surface area contributed by atoms with Gasteiger partial charge in [-0.25, -0.2) is 14.8 Å². The predicted molar refractivity (Wildman–Crippen MR) is 101 cm³/mol. The maximum atomic E-state index is 12.1. The summed E-state index contributed by atoms with van der Waals surface area (Å²) in [5, 5.41) is 12.3. The van der Waals surface area contributed by atoms with Gasteiger partial charge in [0.2, 0.25) is 11.9 Å². The molecule has 1 aliphatic heterocycles. The number of anilines is 1. The Morgan fingerprint density at radius 1 is 1.15 bits per heavy atom. The van der Waals surface area contributed by atoms with Crippen molar-refractivity contribution in [1.82, 2.24) is 15.3 Å². The smallest absolute Gasteiger partial charge is 0.327 e. The van der Waals surface area contributed by atoms with Gasteiger partial charge in [-0.2, -0.15) is 4.99 Å². The normalized spacial score (nSPS) is 18.5. The van der Waals surface area contributed by atoms with E-state index in [0.29, 0.717) is 5.69 Å². The first-order chi connectivity index (χ1) is 12.7. The van der Waals surface area contributed by atoms with Gasteiger partial charge in [0.1, 0.15) is 6.04 Å². The van der Waals surface area contributed by atoms with Crippen LogP contribution in [-0.2, 0) is 9.59 Å². The first-order valence-electron chi connectivity index (χ1n) is 8.54. The van der Waals surface area contributed by atoms with Gasteiger partial charge in [0.25, 0.3) is 5.95 Å². The van der Waals surface area contributed by atoms with Crippen LogP contribution in [0.5, 0.6) is 0 Å². The maximum Gasteiger partial charge on any atom is 0.327 e. The summed E-state index contributed by atoms with van der Waals surface area (Å²) in [5.41, 5.74) is 4.19. The average Bonchev–Trinajstić information content (AvgIpc) is 2.56. The van der Waals surface area contributed by atoms with Gasteiger partial charge < -0.3 is 5.11 Å². The fourth-order valence-electron chi connectivity index (χ4n) is 2.96. The molecule has 1 aromatic carbocycles. The lowest BCUT2D eigenvalue weighted by Crippen LogP contribution is -2.58. The minimum Gasteiger partial charge on any atom is -0.480 e. The number of aliphatic imine (C=N–C) groups is 1. The lowest BCUT2D eigenvalue weighted by molar-refractivity contribution is -0.140. The zero-order valence-corrected chi connectivity index (χ0v) is 15.6. The number of carbonyl (C=O) groups excluding carboxylic acids is 1. The molecule has 0 unspecified atom stereocenters. The fraction of sp³-hybridized carbons (Fsp3) is 0.316. The van der Waals surface area contributed by atoms with Crippen LogP contribution in [0.4, 0.5) is 11.6 Å². The molecule has 27 heavy (non-hydrogen) atoms. The number of carboxylic acid groups (broad SMARTS) is 1. The molecule has 140 valence electrons. The van der Waals surface area contributed by atoms with Gasteiger partial charge in [0.15, 0.2) is 0 Å². The van der Waals surface area contributed by atoms with Crippen LogP contribution < -0.4 is 10.2 Å². The standard InChI is InChI=1S/C19H21N5O3/c1-10-5-6-14(7-11(10)2)24-15(17(26)27)9-16(25)22-19(24)23-18-20-12(3)8-13(4)21-18/h5-8,15H,9H2,1-4H3,(H,26,27)(H,20,21,22,23,25)/t15-/m0/s1.